The largest absolute Gasteiger partial charge is 0.289 e. The highest BCUT2D eigenvalue weighted by atomic mass is 32.2. The Kier molecular flexibility index (Phi) is 2.79. The van der Waals surface area contributed by atoms with Crippen molar-refractivity contribution in [3.8, 4) is 0 Å². The molecule has 0 aliphatic heterocycles. The molecule has 0 aromatic carbocycles. The second-order valence-electron chi connectivity index (χ2n) is 2.91. The number of nitrogens with zero attached hydrogens (tertiary/aromatic N) is 2. The predicted molar refractivity (Wildman–Crippen MR) is 51.0 cm³/mol. The number of nitrogens with one attached hydrogen (secondary N) is 1. The summed E-state index contributed by atoms with van der Waals surface area (Å²) >= 11 is 0. The number of hydrogen-bond donors (Lipinski definition) is 3. The minimum absolute atomic E-state index is 0.274. The molecule has 1 amide bonds. The van der Waals surface area contributed by atoms with Crippen molar-refractivity contribution < 1.29 is 13.2 Å². The van der Waals surface area contributed by atoms with E-state index in [0.717, 1.165) is 0 Å². The molecular formula is C6H11N5O3S. The molecule has 0 saturated carbocycles. The molecule has 0 fully saturated rings. The number of hydrazine groups is 1. The first-order valence-electron chi connectivity index (χ1n) is 3.86. The number of rotatable bonds is 2. The van der Waals surface area contributed by atoms with Crippen LogP contribution >= 0.6 is 0 Å². The van der Waals surface area contributed by atoms with E-state index < -0.39 is 15.9 Å². The molecule has 0 unspecified atom stereocenters. The van der Waals surface area contributed by atoms with E-state index >= 15 is 0 Å². The zero-order valence-corrected chi connectivity index (χ0v) is 9.00. The van der Waals surface area contributed by atoms with Gasteiger partial charge in [0.05, 0.1) is 5.69 Å². The molecule has 8 nitrogen and oxygen atoms in total. The number of aromatic nitrogens is 2. The van der Waals surface area contributed by atoms with E-state index in [2.05, 4.69) is 5.10 Å². The molecule has 0 radical (unpaired) electrons. The Balaban J connectivity index is 3.55. The lowest BCUT2D eigenvalue weighted by Gasteiger charge is -1.99. The summed E-state index contributed by atoms with van der Waals surface area (Å²) < 4.78 is 23.7. The molecule has 5 N–H and O–H groups in total. The standard InChI is InChI=1S/C6H11N5O3S/c1-3-5(15(8,13)14)4(6(12)9-7)10-11(3)2/h7H2,1-2H3,(H,9,12)(H2,8,13,14). The van der Waals surface area contributed by atoms with Crippen molar-refractivity contribution in [2.75, 3.05) is 0 Å². The van der Waals surface area contributed by atoms with Gasteiger partial charge in [0.25, 0.3) is 5.91 Å². The number of primary sulfonamides is 1. The van der Waals surface area contributed by atoms with Crippen LogP contribution in [0.1, 0.15) is 16.2 Å². The number of amides is 1. The van der Waals surface area contributed by atoms with Gasteiger partial charge in [0.1, 0.15) is 4.90 Å². The van der Waals surface area contributed by atoms with Gasteiger partial charge >= 0.3 is 0 Å². The van der Waals surface area contributed by atoms with Gasteiger partial charge in [-0.25, -0.2) is 19.4 Å². The van der Waals surface area contributed by atoms with Crippen molar-refractivity contribution in [1.82, 2.24) is 15.2 Å². The number of hydrogen-bond acceptors (Lipinski definition) is 5. The average molecular weight is 233 g/mol. The lowest BCUT2D eigenvalue weighted by atomic mass is 10.3. The lowest BCUT2D eigenvalue weighted by molar-refractivity contribution is 0.0944. The van der Waals surface area contributed by atoms with Gasteiger partial charge in [-0.05, 0) is 6.92 Å². The lowest BCUT2D eigenvalue weighted by Crippen LogP contribution is -2.32. The van der Waals surface area contributed by atoms with Crippen molar-refractivity contribution in [2.45, 2.75) is 11.8 Å². The Morgan fingerprint density at radius 1 is 1.53 bits per heavy atom. The molecule has 9 heteroatoms. The van der Waals surface area contributed by atoms with Crippen LogP contribution in [0.5, 0.6) is 0 Å². The zero-order chi connectivity index (χ0) is 11.8. The topological polar surface area (TPSA) is 133 Å². The summed E-state index contributed by atoms with van der Waals surface area (Å²) in [6.45, 7) is 1.49. The van der Waals surface area contributed by atoms with Crippen molar-refractivity contribution >= 4 is 15.9 Å². The van der Waals surface area contributed by atoms with E-state index in [1.54, 1.807) is 5.43 Å². The van der Waals surface area contributed by atoms with Gasteiger partial charge in [0.2, 0.25) is 10.0 Å². The number of aryl methyl sites for hydroxylation is 1. The third-order valence-electron chi connectivity index (χ3n) is 1.91. The molecule has 1 rings (SSSR count). The molecule has 0 aliphatic rings. The van der Waals surface area contributed by atoms with Gasteiger partial charge < -0.3 is 0 Å². The first kappa shape index (κ1) is 11.6. The molecule has 0 atom stereocenters. The van der Waals surface area contributed by atoms with Gasteiger partial charge in [0.15, 0.2) is 5.69 Å². The minimum atomic E-state index is -4.00. The van der Waals surface area contributed by atoms with Gasteiger partial charge in [-0.15, -0.1) is 0 Å². The number of sulfonamides is 1. The summed E-state index contributed by atoms with van der Waals surface area (Å²) in [5.41, 5.74) is 1.77. The van der Waals surface area contributed by atoms with Crippen LogP contribution in [0.15, 0.2) is 4.90 Å². The van der Waals surface area contributed by atoms with Crippen molar-refractivity contribution in [3.63, 3.8) is 0 Å². The SMILES string of the molecule is Cc1c(S(N)(=O)=O)c(C(=O)NN)nn1C. The van der Waals surface area contributed by atoms with E-state index in [1.807, 2.05) is 0 Å². The molecule has 1 aromatic heterocycles. The number of nitrogens with two attached hydrogens (primary N) is 2. The summed E-state index contributed by atoms with van der Waals surface area (Å²) in [7, 11) is -2.50. The highest BCUT2D eigenvalue weighted by Crippen LogP contribution is 2.17. The summed E-state index contributed by atoms with van der Waals surface area (Å²) in [5.74, 6) is 4.09. The van der Waals surface area contributed by atoms with Crippen LogP contribution < -0.4 is 16.4 Å². The average Bonchev–Trinajstić information content (AvgIpc) is 2.41. The smallest absolute Gasteiger partial charge is 0.287 e. The zero-order valence-electron chi connectivity index (χ0n) is 8.18. The van der Waals surface area contributed by atoms with Crippen LogP contribution in [0.2, 0.25) is 0 Å². The minimum Gasteiger partial charge on any atom is -0.289 e. The quantitative estimate of drug-likeness (QED) is 0.308. The van der Waals surface area contributed by atoms with E-state index in [4.69, 9.17) is 11.0 Å². The molecule has 1 aromatic rings. The Bertz CT molecular complexity index is 503. The number of carbonyl (C=O) groups excluding carboxylic acids is 1. The molecule has 0 spiro atoms. The second-order valence-corrected chi connectivity index (χ2v) is 4.40. The fourth-order valence-corrected chi connectivity index (χ4v) is 2.09. The highest BCUT2D eigenvalue weighted by Gasteiger charge is 2.26. The molecule has 84 valence electrons. The van der Waals surface area contributed by atoms with Crippen molar-refractivity contribution in [2.24, 2.45) is 18.0 Å². The predicted octanol–water partition coefficient (Wildman–Crippen LogP) is -2.02. The molecular weight excluding hydrogens is 222 g/mol. The molecule has 0 bridgehead atoms. The Morgan fingerprint density at radius 2 is 2.07 bits per heavy atom. The summed E-state index contributed by atoms with van der Waals surface area (Å²) in [6.07, 6.45) is 0. The van der Waals surface area contributed by atoms with Gasteiger partial charge in [-0.2, -0.15) is 5.10 Å². The number of carbonyl (C=O) groups is 1. The molecule has 0 aliphatic carbocycles. The van der Waals surface area contributed by atoms with Gasteiger partial charge in [-0.1, -0.05) is 0 Å². The Hall–Kier alpha value is -1.45. The van der Waals surface area contributed by atoms with Crippen LogP contribution in [0.25, 0.3) is 0 Å². The van der Waals surface area contributed by atoms with E-state index in [1.165, 1.54) is 18.7 Å². The van der Waals surface area contributed by atoms with Gasteiger partial charge in [0, 0.05) is 7.05 Å². The molecule has 1 heterocycles. The van der Waals surface area contributed by atoms with Crippen LogP contribution in [0.3, 0.4) is 0 Å². The third kappa shape index (κ3) is 1.98. The number of nitrogen functional groups attached to an aromatic ring is 1. The molecule has 0 saturated heterocycles. The fourth-order valence-electron chi connectivity index (χ4n) is 1.15. The molecule has 15 heavy (non-hydrogen) atoms. The monoisotopic (exact) mass is 233 g/mol. The van der Waals surface area contributed by atoms with Crippen LogP contribution in [-0.4, -0.2) is 24.1 Å². The second kappa shape index (κ2) is 3.61. The van der Waals surface area contributed by atoms with E-state index in [-0.39, 0.29) is 16.3 Å². The maximum atomic E-state index is 11.2. The van der Waals surface area contributed by atoms with Crippen molar-refractivity contribution in [1.29, 1.82) is 0 Å². The maximum absolute atomic E-state index is 11.2. The summed E-state index contributed by atoms with van der Waals surface area (Å²) in [5, 5.41) is 8.68. The van der Waals surface area contributed by atoms with Crippen LogP contribution in [-0.2, 0) is 17.1 Å². The van der Waals surface area contributed by atoms with Crippen molar-refractivity contribution in [3.05, 3.63) is 11.4 Å². The van der Waals surface area contributed by atoms with Crippen LogP contribution in [0.4, 0.5) is 0 Å². The highest BCUT2D eigenvalue weighted by molar-refractivity contribution is 7.89. The Labute approximate surface area is 86.3 Å². The third-order valence-corrected chi connectivity index (χ3v) is 2.97. The first-order valence-corrected chi connectivity index (χ1v) is 5.41. The maximum Gasteiger partial charge on any atom is 0.287 e. The normalized spacial score (nSPS) is 11.5. The summed E-state index contributed by atoms with van der Waals surface area (Å²) in [4.78, 5) is 10.9. The van der Waals surface area contributed by atoms with E-state index in [9.17, 15) is 13.2 Å². The summed E-state index contributed by atoms with van der Waals surface area (Å²) in [6, 6.07) is 0. The van der Waals surface area contributed by atoms with Gasteiger partial charge in [-0.3, -0.25) is 14.9 Å². The Morgan fingerprint density at radius 3 is 2.47 bits per heavy atom. The van der Waals surface area contributed by atoms with Crippen LogP contribution in [0, 0.1) is 6.92 Å². The van der Waals surface area contributed by atoms with E-state index in [0.29, 0.717) is 0 Å². The first-order chi connectivity index (χ1) is 6.79. The fraction of sp³-hybridized carbons (Fsp3) is 0.333.